The summed E-state index contributed by atoms with van der Waals surface area (Å²) < 4.78 is 0. The van der Waals surface area contributed by atoms with Crippen LogP contribution in [-0.4, -0.2) is 40.2 Å². The van der Waals surface area contributed by atoms with E-state index in [0.29, 0.717) is 18.5 Å². The lowest BCUT2D eigenvalue weighted by Crippen LogP contribution is -2.52. The van der Waals surface area contributed by atoms with Crippen LogP contribution in [-0.2, 0) is 22.6 Å². The summed E-state index contributed by atoms with van der Waals surface area (Å²) in [4.78, 5) is 42.4. The Morgan fingerprint density at radius 3 is 2.81 bits per heavy atom. The van der Waals surface area contributed by atoms with Gasteiger partial charge in [0.2, 0.25) is 11.8 Å². The molecular weight excluding hydrogens is 392 g/mol. The topological polar surface area (TPSA) is 91.4 Å². The minimum Gasteiger partial charge on any atom is -0.385 e. The summed E-state index contributed by atoms with van der Waals surface area (Å²) in [7, 11) is 0. The Kier molecular flexibility index (Phi) is 5.99. The first-order valence-electron chi connectivity index (χ1n) is 10.5. The van der Waals surface area contributed by atoms with Gasteiger partial charge in [-0.2, -0.15) is 0 Å². The Morgan fingerprint density at radius 2 is 2.06 bits per heavy atom. The van der Waals surface area contributed by atoms with Crippen LogP contribution in [0.5, 0.6) is 0 Å². The molecule has 7 heteroatoms. The fourth-order valence-corrected chi connectivity index (χ4v) is 4.06. The largest absolute Gasteiger partial charge is 0.385 e. The molecule has 3 heterocycles. The Balaban J connectivity index is 1.32. The van der Waals surface area contributed by atoms with E-state index in [1.165, 1.54) is 0 Å². The van der Waals surface area contributed by atoms with Crippen LogP contribution in [0.2, 0.25) is 0 Å². The highest BCUT2D eigenvalue weighted by atomic mass is 16.2. The number of carbonyl (C=O) groups excluding carboxylic acids is 3. The molecule has 0 bridgehead atoms. The predicted molar refractivity (Wildman–Crippen MR) is 116 cm³/mol. The Hall–Kier alpha value is -3.66. The number of terminal acetylenes is 1. The lowest BCUT2D eigenvalue weighted by molar-refractivity contribution is -0.136. The van der Waals surface area contributed by atoms with Crippen LogP contribution >= 0.6 is 0 Å². The van der Waals surface area contributed by atoms with Crippen molar-refractivity contribution in [3.8, 4) is 12.3 Å². The number of piperidine rings is 1. The molecule has 0 spiro atoms. The maximum absolute atomic E-state index is 12.9. The maximum atomic E-state index is 12.9. The second kappa shape index (κ2) is 9.00. The van der Waals surface area contributed by atoms with E-state index in [9.17, 15) is 14.4 Å². The number of rotatable bonds is 7. The molecule has 0 saturated carbocycles. The molecule has 3 amide bonds. The minimum atomic E-state index is -0.598. The van der Waals surface area contributed by atoms with E-state index in [1.807, 2.05) is 24.3 Å². The zero-order valence-electron chi connectivity index (χ0n) is 17.2. The summed E-state index contributed by atoms with van der Waals surface area (Å²) in [5.41, 5.74) is 4.24. The van der Waals surface area contributed by atoms with Crippen molar-refractivity contribution in [1.82, 2.24) is 15.2 Å². The molecule has 1 aromatic heterocycles. The zero-order chi connectivity index (χ0) is 21.8. The highest BCUT2D eigenvalue weighted by Crippen LogP contribution is 2.32. The van der Waals surface area contributed by atoms with Crippen molar-refractivity contribution in [3.63, 3.8) is 0 Å². The van der Waals surface area contributed by atoms with Gasteiger partial charge in [0, 0.05) is 53.8 Å². The van der Waals surface area contributed by atoms with Crippen LogP contribution < -0.4 is 10.6 Å². The third-order valence-corrected chi connectivity index (χ3v) is 5.75. The molecule has 2 N–H and O–H groups in total. The summed E-state index contributed by atoms with van der Waals surface area (Å²) in [5, 5.41) is 5.77. The fraction of sp³-hybridized carbons (Fsp3) is 0.333. The van der Waals surface area contributed by atoms with Crippen LogP contribution in [0, 0.1) is 12.3 Å². The molecule has 1 atom stereocenters. The number of hydrogen-bond acceptors (Lipinski definition) is 5. The average Bonchev–Trinajstić information content (AvgIpc) is 3.11. The third-order valence-electron chi connectivity index (χ3n) is 5.75. The average molecular weight is 416 g/mol. The number of nitrogens with one attached hydrogen (secondary N) is 2. The van der Waals surface area contributed by atoms with Gasteiger partial charge in [0.05, 0.1) is 0 Å². The molecule has 158 valence electrons. The fourth-order valence-electron chi connectivity index (χ4n) is 4.06. The zero-order valence-corrected chi connectivity index (χ0v) is 17.2. The lowest BCUT2D eigenvalue weighted by atomic mass is 10.0. The summed E-state index contributed by atoms with van der Waals surface area (Å²) in [6.45, 7) is 1.14. The number of anilines is 1. The molecule has 1 aromatic carbocycles. The molecule has 0 aliphatic carbocycles. The maximum Gasteiger partial charge on any atom is 0.255 e. The van der Waals surface area contributed by atoms with E-state index in [1.54, 1.807) is 17.2 Å². The van der Waals surface area contributed by atoms with Crippen molar-refractivity contribution in [2.45, 2.75) is 44.7 Å². The van der Waals surface area contributed by atoms with Crippen molar-refractivity contribution in [1.29, 1.82) is 0 Å². The number of aromatic nitrogens is 1. The summed E-state index contributed by atoms with van der Waals surface area (Å²) in [5.74, 6) is 1.73. The number of aryl methyl sites for hydroxylation is 1. The number of nitrogens with zero attached hydrogens (tertiary/aromatic N) is 2. The van der Waals surface area contributed by atoms with Crippen molar-refractivity contribution >= 4 is 23.4 Å². The lowest BCUT2D eigenvalue weighted by Gasteiger charge is -2.29. The Labute approximate surface area is 181 Å². The van der Waals surface area contributed by atoms with Gasteiger partial charge in [0.25, 0.3) is 5.91 Å². The molecule has 1 unspecified atom stereocenters. The second-order valence-corrected chi connectivity index (χ2v) is 7.80. The van der Waals surface area contributed by atoms with E-state index in [-0.39, 0.29) is 18.2 Å². The van der Waals surface area contributed by atoms with Crippen LogP contribution in [0.1, 0.15) is 52.9 Å². The molecular formula is C24H24N4O3. The summed E-state index contributed by atoms with van der Waals surface area (Å²) >= 11 is 0. The quantitative estimate of drug-likeness (QED) is 0.410. The van der Waals surface area contributed by atoms with E-state index in [2.05, 4.69) is 21.5 Å². The van der Waals surface area contributed by atoms with Crippen LogP contribution in [0.3, 0.4) is 0 Å². The van der Waals surface area contributed by atoms with E-state index in [4.69, 9.17) is 6.42 Å². The monoisotopic (exact) mass is 416 g/mol. The van der Waals surface area contributed by atoms with Gasteiger partial charge >= 0.3 is 0 Å². The molecule has 1 saturated heterocycles. The van der Waals surface area contributed by atoms with Crippen LogP contribution in [0.25, 0.3) is 0 Å². The van der Waals surface area contributed by atoms with E-state index >= 15 is 0 Å². The normalized spacial score (nSPS) is 17.8. The number of carbonyl (C=O) groups is 3. The second-order valence-electron chi connectivity index (χ2n) is 7.80. The van der Waals surface area contributed by atoms with E-state index < -0.39 is 11.9 Å². The molecule has 2 aliphatic rings. The molecule has 7 nitrogen and oxygen atoms in total. The third kappa shape index (κ3) is 4.43. The number of pyridine rings is 1. The smallest absolute Gasteiger partial charge is 0.255 e. The number of imide groups is 1. The SMILES string of the molecule is C#Cc1ccc(CCCCNc2cccc3c2CN(C2CCC(=O)NC2=O)C3=O)nc1. The highest BCUT2D eigenvalue weighted by Gasteiger charge is 2.39. The van der Waals surface area contributed by atoms with Crippen LogP contribution in [0.15, 0.2) is 36.5 Å². The van der Waals surface area contributed by atoms with Gasteiger partial charge in [-0.3, -0.25) is 24.7 Å². The van der Waals surface area contributed by atoms with Crippen LogP contribution in [0.4, 0.5) is 5.69 Å². The molecule has 4 rings (SSSR count). The first-order chi connectivity index (χ1) is 15.1. The number of hydrogen-bond donors (Lipinski definition) is 2. The summed E-state index contributed by atoms with van der Waals surface area (Å²) in [6, 6.07) is 8.87. The summed E-state index contributed by atoms with van der Waals surface area (Å²) in [6.07, 6.45) is 10.5. The van der Waals surface area contributed by atoms with Crippen molar-refractivity contribution < 1.29 is 14.4 Å². The molecule has 0 radical (unpaired) electrons. The Bertz CT molecular complexity index is 1060. The van der Waals surface area contributed by atoms with Crippen molar-refractivity contribution in [2.24, 2.45) is 0 Å². The molecule has 1 fully saturated rings. The number of amides is 3. The molecule has 2 aliphatic heterocycles. The van der Waals surface area contributed by atoms with Gasteiger partial charge in [0.15, 0.2) is 0 Å². The molecule has 2 aromatic rings. The predicted octanol–water partition coefficient (Wildman–Crippen LogP) is 2.26. The highest BCUT2D eigenvalue weighted by molar-refractivity contribution is 6.06. The standard InChI is InChI=1S/C24H24N4O3/c1-2-16-9-10-17(26-14-16)6-3-4-13-25-20-8-5-7-18-19(20)15-28(24(18)31)21-11-12-22(29)27-23(21)30/h1,5,7-10,14,21,25H,3-4,6,11-13,15H2,(H,27,29,30). The first kappa shape index (κ1) is 20.6. The number of fused-ring (bicyclic) bond motifs is 1. The van der Waals surface area contributed by atoms with E-state index in [0.717, 1.165) is 48.3 Å². The van der Waals surface area contributed by atoms with Crippen molar-refractivity contribution in [3.05, 3.63) is 58.9 Å². The van der Waals surface area contributed by atoms with Crippen molar-refractivity contribution in [2.75, 3.05) is 11.9 Å². The number of unbranched alkanes of at least 4 members (excludes halogenated alkanes) is 1. The van der Waals surface area contributed by atoms with Gasteiger partial charge in [-0.15, -0.1) is 6.42 Å². The number of benzene rings is 1. The first-order valence-corrected chi connectivity index (χ1v) is 10.5. The van der Waals surface area contributed by atoms with Gasteiger partial charge in [-0.05, 0) is 49.9 Å². The minimum absolute atomic E-state index is 0.158. The molecule has 31 heavy (non-hydrogen) atoms. The van der Waals surface area contributed by atoms with Gasteiger partial charge < -0.3 is 10.2 Å². The van der Waals surface area contributed by atoms with Gasteiger partial charge in [-0.1, -0.05) is 12.0 Å². The van der Waals surface area contributed by atoms with Gasteiger partial charge in [-0.25, -0.2) is 0 Å². The van der Waals surface area contributed by atoms with Gasteiger partial charge in [0.1, 0.15) is 6.04 Å². The Morgan fingerprint density at radius 1 is 1.19 bits per heavy atom.